The van der Waals surface area contributed by atoms with Crippen molar-refractivity contribution in [1.82, 2.24) is 0 Å². The van der Waals surface area contributed by atoms with Crippen LogP contribution in [0.5, 0.6) is 0 Å². The molecule has 110 valence electrons. The second kappa shape index (κ2) is 5.90. The van der Waals surface area contributed by atoms with Crippen LogP contribution in [0.4, 0.5) is 5.69 Å². The zero-order valence-corrected chi connectivity index (χ0v) is 12.7. The molecule has 4 N–H and O–H groups in total. The summed E-state index contributed by atoms with van der Waals surface area (Å²) >= 11 is 0. The average Bonchev–Trinajstić information content (AvgIpc) is 2.78. The highest BCUT2D eigenvalue weighted by molar-refractivity contribution is 5.51. The number of hydrogen-bond acceptors (Lipinski definition) is 2. The molecule has 2 aromatic carbocycles. The van der Waals surface area contributed by atoms with Crippen molar-refractivity contribution < 1.29 is 0 Å². The summed E-state index contributed by atoms with van der Waals surface area (Å²) in [7, 11) is 0. The molecule has 21 heavy (non-hydrogen) atoms. The molecule has 2 unspecified atom stereocenters. The van der Waals surface area contributed by atoms with E-state index in [1.165, 1.54) is 22.3 Å². The van der Waals surface area contributed by atoms with E-state index in [0.29, 0.717) is 5.92 Å². The van der Waals surface area contributed by atoms with Crippen molar-refractivity contribution in [1.29, 1.82) is 0 Å². The van der Waals surface area contributed by atoms with Crippen LogP contribution in [0, 0.1) is 0 Å². The van der Waals surface area contributed by atoms with E-state index < -0.39 is 0 Å². The molecule has 1 aliphatic rings. The quantitative estimate of drug-likeness (QED) is 0.843. The molecule has 2 heteroatoms. The zero-order chi connectivity index (χ0) is 14.8. The van der Waals surface area contributed by atoms with E-state index in [2.05, 4.69) is 49.4 Å². The Labute approximate surface area is 127 Å². The van der Waals surface area contributed by atoms with Crippen LogP contribution in [0.3, 0.4) is 0 Å². The highest BCUT2D eigenvalue weighted by Crippen LogP contribution is 2.35. The average molecular weight is 280 g/mol. The van der Waals surface area contributed by atoms with Crippen molar-refractivity contribution in [2.75, 3.05) is 5.73 Å². The van der Waals surface area contributed by atoms with Crippen LogP contribution in [0.15, 0.2) is 42.5 Å². The Hall–Kier alpha value is -1.80. The molecule has 2 aromatic rings. The molecular formula is C19H24N2. The molecule has 0 heterocycles. The van der Waals surface area contributed by atoms with E-state index in [-0.39, 0.29) is 6.04 Å². The lowest BCUT2D eigenvalue weighted by Gasteiger charge is -2.18. The van der Waals surface area contributed by atoms with Crippen molar-refractivity contribution in [3.05, 3.63) is 64.7 Å². The first-order valence-electron chi connectivity index (χ1n) is 7.89. The number of rotatable bonds is 4. The van der Waals surface area contributed by atoms with Crippen LogP contribution in [0.1, 0.15) is 41.5 Å². The van der Waals surface area contributed by atoms with Gasteiger partial charge in [0.2, 0.25) is 0 Å². The van der Waals surface area contributed by atoms with Crippen molar-refractivity contribution in [3.8, 4) is 0 Å². The second-order valence-corrected chi connectivity index (χ2v) is 6.16. The fourth-order valence-electron chi connectivity index (χ4n) is 3.48. The van der Waals surface area contributed by atoms with Crippen molar-refractivity contribution in [3.63, 3.8) is 0 Å². The van der Waals surface area contributed by atoms with Gasteiger partial charge in [-0.3, -0.25) is 0 Å². The number of hydrogen-bond donors (Lipinski definition) is 2. The number of anilines is 1. The Morgan fingerprint density at radius 1 is 1.14 bits per heavy atom. The molecule has 0 saturated carbocycles. The van der Waals surface area contributed by atoms with Gasteiger partial charge in [-0.1, -0.05) is 49.7 Å². The van der Waals surface area contributed by atoms with Gasteiger partial charge in [-0.2, -0.15) is 0 Å². The first kappa shape index (κ1) is 14.2. The van der Waals surface area contributed by atoms with Crippen LogP contribution in [0.2, 0.25) is 0 Å². The largest absolute Gasteiger partial charge is 0.398 e. The maximum atomic E-state index is 6.36. The molecule has 0 radical (unpaired) electrons. The molecule has 0 saturated heterocycles. The zero-order valence-electron chi connectivity index (χ0n) is 12.7. The Bertz CT molecular complexity index is 633. The van der Waals surface area contributed by atoms with E-state index in [1.54, 1.807) is 0 Å². The third-order valence-electron chi connectivity index (χ3n) is 4.62. The van der Waals surface area contributed by atoms with Gasteiger partial charge in [-0.05, 0) is 47.6 Å². The van der Waals surface area contributed by atoms with Crippen molar-refractivity contribution in [2.45, 2.75) is 44.6 Å². The minimum Gasteiger partial charge on any atom is -0.398 e. The molecule has 0 aliphatic heterocycles. The summed E-state index contributed by atoms with van der Waals surface area (Å²) in [6, 6.07) is 15.4. The summed E-state index contributed by atoms with van der Waals surface area (Å²) in [6.07, 6.45) is 4.17. The summed E-state index contributed by atoms with van der Waals surface area (Å²) in [5, 5.41) is 0. The highest BCUT2D eigenvalue weighted by Gasteiger charge is 2.29. The van der Waals surface area contributed by atoms with Crippen LogP contribution < -0.4 is 11.5 Å². The predicted octanol–water partition coefficient (Wildman–Crippen LogP) is 3.43. The third kappa shape index (κ3) is 2.81. The Morgan fingerprint density at radius 3 is 2.71 bits per heavy atom. The van der Waals surface area contributed by atoms with Crippen molar-refractivity contribution in [2.24, 2.45) is 5.73 Å². The van der Waals surface area contributed by atoms with Gasteiger partial charge < -0.3 is 11.5 Å². The normalized spacial score (nSPS) is 20.5. The molecule has 1 aliphatic carbocycles. The monoisotopic (exact) mass is 280 g/mol. The molecule has 0 amide bonds. The van der Waals surface area contributed by atoms with Gasteiger partial charge in [0.25, 0.3) is 0 Å². The van der Waals surface area contributed by atoms with Gasteiger partial charge in [-0.25, -0.2) is 0 Å². The minimum atomic E-state index is 0.206. The smallest absolute Gasteiger partial charge is 0.0349 e. The minimum absolute atomic E-state index is 0.206. The summed E-state index contributed by atoms with van der Waals surface area (Å²) in [5.74, 6) is 0.389. The maximum absolute atomic E-state index is 6.36. The topological polar surface area (TPSA) is 52.0 Å². The molecule has 3 rings (SSSR count). The summed E-state index contributed by atoms with van der Waals surface area (Å²) in [6.45, 7) is 2.19. The summed E-state index contributed by atoms with van der Waals surface area (Å²) in [5.41, 5.74) is 18.9. The molecule has 0 spiro atoms. The molecule has 0 aromatic heterocycles. The fraction of sp³-hybridized carbons (Fsp3) is 0.368. The van der Waals surface area contributed by atoms with Gasteiger partial charge in [0, 0.05) is 17.6 Å². The molecule has 2 nitrogen and oxygen atoms in total. The highest BCUT2D eigenvalue weighted by atomic mass is 14.7. The van der Waals surface area contributed by atoms with Crippen LogP contribution in [-0.2, 0) is 19.3 Å². The van der Waals surface area contributed by atoms with Gasteiger partial charge >= 0.3 is 0 Å². The summed E-state index contributed by atoms with van der Waals surface area (Å²) < 4.78 is 0. The van der Waals surface area contributed by atoms with Gasteiger partial charge in [0.05, 0.1) is 0 Å². The first-order chi connectivity index (χ1) is 10.2. The number of nitrogens with two attached hydrogens (primary N) is 2. The fourth-order valence-corrected chi connectivity index (χ4v) is 3.48. The standard InChI is InChI=1S/C19H24N2/c1-2-5-13-8-9-15(18(20)10-13)11-17-16-7-4-3-6-14(16)12-19(17)21/h3-4,6-10,17,19H,2,5,11-12,20-21H2,1H3. The van der Waals surface area contributed by atoms with E-state index in [9.17, 15) is 0 Å². The predicted molar refractivity (Wildman–Crippen MR) is 89.4 cm³/mol. The molecule has 2 atom stereocenters. The Kier molecular flexibility index (Phi) is 3.98. The third-order valence-corrected chi connectivity index (χ3v) is 4.62. The van der Waals surface area contributed by atoms with Gasteiger partial charge in [-0.15, -0.1) is 0 Å². The van der Waals surface area contributed by atoms with E-state index in [1.807, 2.05) is 0 Å². The lowest BCUT2D eigenvalue weighted by molar-refractivity contribution is 0.571. The molecule has 0 bridgehead atoms. The van der Waals surface area contributed by atoms with Crippen LogP contribution in [0.25, 0.3) is 0 Å². The number of fused-ring (bicyclic) bond motifs is 1. The number of nitrogen functional groups attached to an aromatic ring is 1. The Balaban J connectivity index is 1.84. The van der Waals surface area contributed by atoms with E-state index in [0.717, 1.165) is 31.4 Å². The van der Waals surface area contributed by atoms with Crippen molar-refractivity contribution >= 4 is 5.69 Å². The Morgan fingerprint density at radius 2 is 1.95 bits per heavy atom. The second-order valence-electron chi connectivity index (χ2n) is 6.16. The van der Waals surface area contributed by atoms with E-state index in [4.69, 9.17) is 11.5 Å². The van der Waals surface area contributed by atoms with Crippen LogP contribution >= 0.6 is 0 Å². The van der Waals surface area contributed by atoms with Gasteiger partial charge in [0.1, 0.15) is 0 Å². The summed E-state index contributed by atoms with van der Waals surface area (Å²) in [4.78, 5) is 0. The lowest BCUT2D eigenvalue weighted by Crippen LogP contribution is -2.26. The SMILES string of the molecule is CCCc1ccc(CC2c3ccccc3CC2N)c(N)c1. The number of aryl methyl sites for hydroxylation is 1. The maximum Gasteiger partial charge on any atom is 0.0349 e. The molecular weight excluding hydrogens is 256 g/mol. The van der Waals surface area contributed by atoms with E-state index >= 15 is 0 Å². The lowest BCUT2D eigenvalue weighted by atomic mass is 9.90. The first-order valence-corrected chi connectivity index (χ1v) is 7.89. The number of benzene rings is 2. The van der Waals surface area contributed by atoms with Gasteiger partial charge in [0.15, 0.2) is 0 Å². The molecule has 0 fully saturated rings. The van der Waals surface area contributed by atoms with Crippen LogP contribution in [-0.4, -0.2) is 6.04 Å².